The van der Waals surface area contributed by atoms with Crippen LogP contribution in [-0.2, 0) is 4.79 Å². The van der Waals surface area contributed by atoms with E-state index in [0.717, 1.165) is 24.3 Å². The van der Waals surface area contributed by atoms with Gasteiger partial charge in [0, 0.05) is 11.6 Å². The van der Waals surface area contributed by atoms with E-state index in [4.69, 9.17) is 4.74 Å². The quantitative estimate of drug-likeness (QED) is 0.825. The summed E-state index contributed by atoms with van der Waals surface area (Å²) in [6.45, 7) is 3.53. The first kappa shape index (κ1) is 11.5. The minimum absolute atomic E-state index is 0.00139. The minimum Gasteiger partial charge on any atom is -0.491 e. The zero-order valence-corrected chi connectivity index (χ0v) is 10.5. The van der Waals surface area contributed by atoms with Gasteiger partial charge in [-0.3, -0.25) is 4.79 Å². The van der Waals surface area contributed by atoms with E-state index in [1.165, 1.54) is 0 Å². The van der Waals surface area contributed by atoms with Crippen molar-refractivity contribution in [3.8, 4) is 5.75 Å². The Morgan fingerprint density at radius 1 is 1.44 bits per heavy atom. The van der Waals surface area contributed by atoms with Crippen LogP contribution in [-0.4, -0.2) is 25.1 Å². The Labute approximate surface area is 107 Å². The molecule has 1 amide bonds. The lowest BCUT2D eigenvalue weighted by Gasteiger charge is -2.18. The lowest BCUT2D eigenvalue weighted by atomic mass is 10.00. The van der Waals surface area contributed by atoms with Crippen molar-refractivity contribution < 1.29 is 9.53 Å². The van der Waals surface area contributed by atoms with Crippen LogP contribution in [0.25, 0.3) is 0 Å². The monoisotopic (exact) mass is 246 g/mol. The van der Waals surface area contributed by atoms with Gasteiger partial charge in [-0.2, -0.15) is 0 Å². The zero-order chi connectivity index (χ0) is 12.5. The van der Waals surface area contributed by atoms with E-state index in [9.17, 15) is 4.79 Å². The fourth-order valence-corrected chi connectivity index (χ4v) is 2.78. The molecular formula is C14H18N2O2. The molecule has 1 aromatic carbocycles. The van der Waals surface area contributed by atoms with Gasteiger partial charge in [-0.25, -0.2) is 0 Å². The number of amides is 1. The summed E-state index contributed by atoms with van der Waals surface area (Å²) in [5, 5.41) is 6.41. The molecule has 1 fully saturated rings. The van der Waals surface area contributed by atoms with Crippen LogP contribution in [0.4, 0.5) is 0 Å². The number of carbonyl (C=O) groups excluding carboxylic acids is 1. The third-order valence-electron chi connectivity index (χ3n) is 3.88. The minimum atomic E-state index is 0.00139. The molecule has 2 heterocycles. The highest BCUT2D eigenvalue weighted by molar-refractivity contribution is 5.80. The van der Waals surface area contributed by atoms with E-state index in [0.29, 0.717) is 6.61 Å². The van der Waals surface area contributed by atoms with Gasteiger partial charge < -0.3 is 15.4 Å². The van der Waals surface area contributed by atoms with Crippen LogP contribution >= 0.6 is 0 Å². The van der Waals surface area contributed by atoms with Crippen LogP contribution in [0.3, 0.4) is 0 Å². The average Bonchev–Trinajstić information content (AvgIpc) is 2.97. The van der Waals surface area contributed by atoms with Gasteiger partial charge in [0.2, 0.25) is 5.91 Å². The van der Waals surface area contributed by atoms with Gasteiger partial charge in [0.15, 0.2) is 0 Å². The van der Waals surface area contributed by atoms with E-state index in [-0.39, 0.29) is 23.9 Å². The summed E-state index contributed by atoms with van der Waals surface area (Å²) in [5.74, 6) is 1.11. The maximum atomic E-state index is 12.2. The molecule has 3 unspecified atom stereocenters. The molecule has 0 spiro atoms. The molecule has 2 aliphatic heterocycles. The molecule has 1 saturated heterocycles. The van der Waals surface area contributed by atoms with Gasteiger partial charge in [-0.15, -0.1) is 0 Å². The summed E-state index contributed by atoms with van der Waals surface area (Å²) in [6, 6.07) is 8.16. The van der Waals surface area contributed by atoms with Crippen LogP contribution in [0, 0.1) is 5.92 Å². The van der Waals surface area contributed by atoms with Crippen molar-refractivity contribution in [3.63, 3.8) is 0 Å². The van der Waals surface area contributed by atoms with Crippen molar-refractivity contribution >= 4 is 5.91 Å². The summed E-state index contributed by atoms with van der Waals surface area (Å²) in [4.78, 5) is 12.2. The topological polar surface area (TPSA) is 50.4 Å². The number of ether oxygens (including phenoxy) is 1. The smallest absolute Gasteiger partial charge is 0.225 e. The molecule has 0 aromatic heterocycles. The Balaban J connectivity index is 1.69. The molecule has 18 heavy (non-hydrogen) atoms. The van der Waals surface area contributed by atoms with Gasteiger partial charge in [0.05, 0.1) is 12.0 Å². The predicted molar refractivity (Wildman–Crippen MR) is 68.4 cm³/mol. The van der Waals surface area contributed by atoms with Crippen molar-refractivity contribution in [3.05, 3.63) is 29.8 Å². The zero-order valence-electron chi connectivity index (χ0n) is 10.5. The number of para-hydroxylation sites is 1. The molecule has 96 valence electrons. The molecule has 0 bridgehead atoms. The second-order valence-corrected chi connectivity index (χ2v) is 5.05. The summed E-state index contributed by atoms with van der Waals surface area (Å²) in [7, 11) is 0. The van der Waals surface area contributed by atoms with Gasteiger partial charge in [0.1, 0.15) is 12.4 Å². The largest absolute Gasteiger partial charge is 0.491 e. The Kier molecular flexibility index (Phi) is 2.96. The maximum Gasteiger partial charge on any atom is 0.225 e. The van der Waals surface area contributed by atoms with Gasteiger partial charge >= 0.3 is 0 Å². The summed E-state index contributed by atoms with van der Waals surface area (Å²) >= 11 is 0. The van der Waals surface area contributed by atoms with Crippen LogP contribution < -0.4 is 15.4 Å². The third kappa shape index (κ3) is 1.97. The van der Waals surface area contributed by atoms with E-state index in [1.54, 1.807) is 0 Å². The Bertz CT molecular complexity index is 461. The molecule has 4 heteroatoms. The average molecular weight is 246 g/mol. The number of hydrogen-bond donors (Lipinski definition) is 2. The first-order valence-electron chi connectivity index (χ1n) is 6.51. The van der Waals surface area contributed by atoms with Gasteiger partial charge in [0.25, 0.3) is 0 Å². The summed E-state index contributed by atoms with van der Waals surface area (Å²) < 4.78 is 5.57. The molecule has 4 nitrogen and oxygen atoms in total. The molecule has 2 aliphatic rings. The highest BCUT2D eigenvalue weighted by Crippen LogP contribution is 2.32. The lowest BCUT2D eigenvalue weighted by molar-refractivity contribution is -0.126. The highest BCUT2D eigenvalue weighted by Gasteiger charge is 2.32. The van der Waals surface area contributed by atoms with Crippen molar-refractivity contribution in [1.29, 1.82) is 0 Å². The highest BCUT2D eigenvalue weighted by atomic mass is 16.5. The first-order valence-corrected chi connectivity index (χ1v) is 6.51. The van der Waals surface area contributed by atoms with E-state index >= 15 is 0 Å². The Morgan fingerprint density at radius 3 is 3.06 bits per heavy atom. The first-order chi connectivity index (χ1) is 8.75. The van der Waals surface area contributed by atoms with E-state index in [1.807, 2.05) is 24.3 Å². The SMILES string of the molecule is CC1NCCC1C(=O)NC1COc2ccccc21. The molecular weight excluding hydrogens is 228 g/mol. The van der Waals surface area contributed by atoms with E-state index in [2.05, 4.69) is 17.6 Å². The maximum absolute atomic E-state index is 12.2. The molecule has 0 aliphatic carbocycles. The van der Waals surface area contributed by atoms with Crippen molar-refractivity contribution in [2.75, 3.05) is 13.2 Å². The van der Waals surface area contributed by atoms with Crippen LogP contribution in [0.2, 0.25) is 0 Å². The standard InChI is InChI=1S/C14H18N2O2/c1-9-10(6-7-15-9)14(17)16-12-8-18-13-5-3-2-4-11(12)13/h2-5,9-10,12,15H,6-8H2,1H3,(H,16,17). The molecule has 0 radical (unpaired) electrons. The Morgan fingerprint density at radius 2 is 2.28 bits per heavy atom. The van der Waals surface area contributed by atoms with Gasteiger partial charge in [-0.1, -0.05) is 18.2 Å². The van der Waals surface area contributed by atoms with Crippen LogP contribution in [0.15, 0.2) is 24.3 Å². The lowest BCUT2D eigenvalue weighted by Crippen LogP contribution is -2.39. The molecule has 3 rings (SSSR count). The number of rotatable bonds is 2. The van der Waals surface area contributed by atoms with Crippen molar-refractivity contribution in [2.45, 2.75) is 25.4 Å². The summed E-state index contributed by atoms with van der Waals surface area (Å²) in [5.41, 5.74) is 1.09. The van der Waals surface area contributed by atoms with Crippen LogP contribution in [0.1, 0.15) is 24.9 Å². The van der Waals surface area contributed by atoms with Gasteiger partial charge in [-0.05, 0) is 26.0 Å². The number of carbonyl (C=O) groups is 1. The number of fused-ring (bicyclic) bond motifs is 1. The Hall–Kier alpha value is -1.55. The predicted octanol–water partition coefficient (Wildman–Crippen LogP) is 1.23. The number of hydrogen-bond acceptors (Lipinski definition) is 3. The molecule has 1 aromatic rings. The third-order valence-corrected chi connectivity index (χ3v) is 3.88. The van der Waals surface area contributed by atoms with Crippen molar-refractivity contribution in [2.24, 2.45) is 5.92 Å². The second kappa shape index (κ2) is 4.61. The van der Waals surface area contributed by atoms with Crippen LogP contribution in [0.5, 0.6) is 5.75 Å². The molecule has 0 saturated carbocycles. The second-order valence-electron chi connectivity index (χ2n) is 5.05. The fraction of sp³-hybridized carbons (Fsp3) is 0.500. The molecule has 2 N–H and O–H groups in total. The normalized spacial score (nSPS) is 29.7. The molecule has 3 atom stereocenters. The van der Waals surface area contributed by atoms with Crippen molar-refractivity contribution in [1.82, 2.24) is 10.6 Å². The number of benzene rings is 1. The fourth-order valence-electron chi connectivity index (χ4n) is 2.78. The summed E-state index contributed by atoms with van der Waals surface area (Å²) in [6.07, 6.45) is 0.919. The van der Waals surface area contributed by atoms with E-state index < -0.39 is 0 Å². The number of nitrogens with one attached hydrogen (secondary N) is 2.